The molecule has 3 nitrogen and oxygen atoms in total. The molecule has 0 saturated carbocycles. The Bertz CT molecular complexity index is 727. The third-order valence-corrected chi connectivity index (χ3v) is 6.89. The first kappa shape index (κ1) is 18.7. The molecule has 2 heterocycles. The molecule has 0 aliphatic carbocycles. The second-order valence-corrected chi connectivity index (χ2v) is 8.65. The maximum absolute atomic E-state index is 6.35. The summed E-state index contributed by atoms with van der Waals surface area (Å²) in [5.74, 6) is 1.96. The van der Waals surface area contributed by atoms with Gasteiger partial charge in [0.05, 0.1) is 11.9 Å². The van der Waals surface area contributed by atoms with E-state index in [0.29, 0.717) is 5.25 Å². The van der Waals surface area contributed by atoms with E-state index >= 15 is 0 Å². The number of likely N-dealkylation sites (tertiary alicyclic amines) is 1. The molecular formula is C23H29NO2S. The molecule has 0 radical (unpaired) electrons. The molecule has 1 saturated heterocycles. The first-order valence-electron chi connectivity index (χ1n) is 10.2. The molecule has 2 unspecified atom stereocenters. The van der Waals surface area contributed by atoms with Crippen molar-refractivity contribution in [3.05, 3.63) is 54.1 Å². The molecule has 2 aliphatic heterocycles. The Hall–Kier alpha value is -1.65. The predicted molar refractivity (Wildman–Crippen MR) is 112 cm³/mol. The van der Waals surface area contributed by atoms with Gasteiger partial charge in [-0.25, -0.2) is 0 Å². The molecule has 0 bridgehead atoms. The van der Waals surface area contributed by atoms with E-state index in [4.69, 9.17) is 9.47 Å². The van der Waals surface area contributed by atoms with Gasteiger partial charge in [0, 0.05) is 11.4 Å². The van der Waals surface area contributed by atoms with Crippen molar-refractivity contribution in [1.29, 1.82) is 0 Å². The number of ether oxygens (including phenoxy) is 2. The van der Waals surface area contributed by atoms with E-state index in [2.05, 4.69) is 54.3 Å². The molecule has 0 spiro atoms. The standard InChI is InChI=1S/C23H29NO2S/c1-2-21-23(26-20-8-3-4-9-22(20)27-21)18-10-12-19(13-11-18)25-17-7-16-24-14-5-6-15-24/h3-4,8-13,21,23H,2,5-7,14-17H2,1H3. The molecule has 2 aromatic carbocycles. The van der Waals surface area contributed by atoms with Crippen LogP contribution in [0.5, 0.6) is 11.5 Å². The summed E-state index contributed by atoms with van der Waals surface area (Å²) in [4.78, 5) is 3.78. The number of hydrogen-bond acceptors (Lipinski definition) is 4. The molecule has 0 amide bonds. The highest BCUT2D eigenvalue weighted by molar-refractivity contribution is 8.00. The van der Waals surface area contributed by atoms with E-state index in [1.165, 1.54) is 36.4 Å². The normalized spacial score (nSPS) is 22.3. The number of benzene rings is 2. The molecule has 2 atom stereocenters. The first-order valence-corrected chi connectivity index (χ1v) is 11.1. The van der Waals surface area contributed by atoms with Gasteiger partial charge in [-0.1, -0.05) is 31.2 Å². The van der Waals surface area contributed by atoms with E-state index in [-0.39, 0.29) is 6.10 Å². The average molecular weight is 384 g/mol. The van der Waals surface area contributed by atoms with E-state index in [1.54, 1.807) is 0 Å². The Labute approximate surface area is 167 Å². The zero-order valence-electron chi connectivity index (χ0n) is 16.1. The zero-order chi connectivity index (χ0) is 18.5. The maximum Gasteiger partial charge on any atom is 0.136 e. The minimum absolute atomic E-state index is 0.0964. The van der Waals surface area contributed by atoms with Gasteiger partial charge in [0.15, 0.2) is 0 Å². The third kappa shape index (κ3) is 4.61. The van der Waals surface area contributed by atoms with Crippen LogP contribution in [0.4, 0.5) is 0 Å². The quantitative estimate of drug-likeness (QED) is 0.584. The second kappa shape index (κ2) is 9.03. The summed E-state index contributed by atoms with van der Waals surface area (Å²) in [5.41, 5.74) is 1.23. The van der Waals surface area contributed by atoms with Crippen LogP contribution >= 0.6 is 11.8 Å². The molecule has 2 aromatic rings. The van der Waals surface area contributed by atoms with Gasteiger partial charge in [0.25, 0.3) is 0 Å². The average Bonchev–Trinajstić information content (AvgIpc) is 3.24. The number of thioether (sulfide) groups is 1. The lowest BCUT2D eigenvalue weighted by molar-refractivity contribution is 0.188. The molecule has 1 fully saturated rings. The summed E-state index contributed by atoms with van der Waals surface area (Å²) in [6.45, 7) is 6.70. The van der Waals surface area contributed by atoms with Crippen molar-refractivity contribution in [2.75, 3.05) is 26.2 Å². The maximum atomic E-state index is 6.35. The number of para-hydroxylation sites is 1. The summed E-state index contributed by atoms with van der Waals surface area (Å²) in [7, 11) is 0. The lowest BCUT2D eigenvalue weighted by Gasteiger charge is -2.33. The molecule has 144 valence electrons. The molecule has 27 heavy (non-hydrogen) atoms. The van der Waals surface area contributed by atoms with Gasteiger partial charge >= 0.3 is 0 Å². The summed E-state index contributed by atoms with van der Waals surface area (Å²) >= 11 is 1.93. The van der Waals surface area contributed by atoms with Crippen LogP contribution in [0.3, 0.4) is 0 Å². The fourth-order valence-electron chi connectivity index (χ4n) is 3.90. The lowest BCUT2D eigenvalue weighted by atomic mass is 10.0. The van der Waals surface area contributed by atoms with Crippen LogP contribution in [0.15, 0.2) is 53.4 Å². The molecule has 2 aliphatic rings. The van der Waals surface area contributed by atoms with Gasteiger partial charge in [0.2, 0.25) is 0 Å². The highest BCUT2D eigenvalue weighted by Crippen LogP contribution is 2.46. The zero-order valence-corrected chi connectivity index (χ0v) is 16.9. The third-order valence-electron chi connectivity index (χ3n) is 5.42. The lowest BCUT2D eigenvalue weighted by Crippen LogP contribution is -2.24. The van der Waals surface area contributed by atoms with Gasteiger partial charge in [-0.3, -0.25) is 0 Å². The van der Waals surface area contributed by atoms with Gasteiger partial charge in [-0.15, -0.1) is 11.8 Å². The number of hydrogen-bond donors (Lipinski definition) is 0. The summed E-state index contributed by atoms with van der Waals surface area (Å²) < 4.78 is 12.3. The van der Waals surface area contributed by atoms with Crippen LogP contribution in [-0.4, -0.2) is 36.4 Å². The van der Waals surface area contributed by atoms with E-state index < -0.39 is 0 Å². The number of nitrogens with zero attached hydrogens (tertiary/aromatic N) is 1. The van der Waals surface area contributed by atoms with Crippen molar-refractivity contribution in [2.45, 2.75) is 48.9 Å². The number of fused-ring (bicyclic) bond motifs is 1. The SMILES string of the molecule is CCC1Sc2ccccc2OC1c1ccc(OCCCN2CCCC2)cc1. The minimum atomic E-state index is 0.0964. The molecule has 4 heteroatoms. The van der Waals surface area contributed by atoms with Crippen molar-refractivity contribution < 1.29 is 9.47 Å². The van der Waals surface area contributed by atoms with Crippen LogP contribution in [-0.2, 0) is 0 Å². The van der Waals surface area contributed by atoms with E-state index in [9.17, 15) is 0 Å². The fraction of sp³-hybridized carbons (Fsp3) is 0.478. The van der Waals surface area contributed by atoms with Crippen molar-refractivity contribution in [3.63, 3.8) is 0 Å². The molecule has 0 aromatic heterocycles. The van der Waals surface area contributed by atoms with Gasteiger partial charge < -0.3 is 14.4 Å². The molecule has 0 N–H and O–H groups in total. The summed E-state index contributed by atoms with van der Waals surface area (Å²) in [5, 5.41) is 0.437. The van der Waals surface area contributed by atoms with E-state index in [0.717, 1.165) is 37.5 Å². The van der Waals surface area contributed by atoms with Gasteiger partial charge in [-0.2, -0.15) is 0 Å². The smallest absolute Gasteiger partial charge is 0.136 e. The Kier molecular flexibility index (Phi) is 6.25. The molecule has 4 rings (SSSR count). The van der Waals surface area contributed by atoms with Crippen molar-refractivity contribution >= 4 is 11.8 Å². The van der Waals surface area contributed by atoms with Crippen LogP contribution in [0.2, 0.25) is 0 Å². The van der Waals surface area contributed by atoms with Crippen LogP contribution < -0.4 is 9.47 Å². The monoisotopic (exact) mass is 383 g/mol. The largest absolute Gasteiger partial charge is 0.494 e. The van der Waals surface area contributed by atoms with Crippen molar-refractivity contribution in [2.24, 2.45) is 0 Å². The van der Waals surface area contributed by atoms with Gasteiger partial charge in [0.1, 0.15) is 17.6 Å². The Morgan fingerprint density at radius 1 is 1.07 bits per heavy atom. The Balaban J connectivity index is 1.34. The second-order valence-electron chi connectivity index (χ2n) is 7.37. The van der Waals surface area contributed by atoms with Crippen LogP contribution in [0, 0.1) is 0 Å². The molecular weight excluding hydrogens is 354 g/mol. The van der Waals surface area contributed by atoms with Gasteiger partial charge in [-0.05, 0) is 68.6 Å². The van der Waals surface area contributed by atoms with Crippen molar-refractivity contribution in [1.82, 2.24) is 4.90 Å². The van der Waals surface area contributed by atoms with E-state index in [1.807, 2.05) is 17.8 Å². The summed E-state index contributed by atoms with van der Waals surface area (Å²) in [6.07, 6.45) is 4.98. The summed E-state index contributed by atoms with van der Waals surface area (Å²) in [6, 6.07) is 16.9. The minimum Gasteiger partial charge on any atom is -0.494 e. The number of rotatable bonds is 7. The highest BCUT2D eigenvalue weighted by Gasteiger charge is 2.30. The first-order chi connectivity index (χ1) is 13.3. The Morgan fingerprint density at radius 2 is 1.85 bits per heavy atom. The predicted octanol–water partition coefficient (Wildman–Crippen LogP) is 5.56. The van der Waals surface area contributed by atoms with Crippen LogP contribution in [0.1, 0.15) is 44.3 Å². The topological polar surface area (TPSA) is 21.7 Å². The van der Waals surface area contributed by atoms with Crippen molar-refractivity contribution in [3.8, 4) is 11.5 Å². The fourth-order valence-corrected chi connectivity index (χ4v) is 5.12. The highest BCUT2D eigenvalue weighted by atomic mass is 32.2. The van der Waals surface area contributed by atoms with Crippen LogP contribution in [0.25, 0.3) is 0 Å². The Morgan fingerprint density at radius 3 is 2.63 bits per heavy atom.